The van der Waals surface area contributed by atoms with Gasteiger partial charge in [0.1, 0.15) is 18.7 Å². The quantitative estimate of drug-likeness (QED) is 0.879. The van der Waals surface area contributed by atoms with Crippen molar-refractivity contribution >= 4 is 0 Å². The molecule has 0 spiro atoms. The molecule has 5 heteroatoms. The van der Waals surface area contributed by atoms with Gasteiger partial charge in [0.15, 0.2) is 5.82 Å². The minimum Gasteiger partial charge on any atom is -0.486 e. The minimum absolute atomic E-state index is 0.0908. The van der Waals surface area contributed by atoms with E-state index in [-0.39, 0.29) is 12.1 Å². The van der Waals surface area contributed by atoms with E-state index >= 15 is 0 Å². The van der Waals surface area contributed by atoms with Crippen LogP contribution in [0.5, 0.6) is 5.75 Å². The van der Waals surface area contributed by atoms with Gasteiger partial charge in [-0.2, -0.15) is 5.10 Å². The third kappa shape index (κ3) is 3.36. The molecule has 1 heterocycles. The van der Waals surface area contributed by atoms with E-state index < -0.39 is 0 Å². The first-order valence-corrected chi connectivity index (χ1v) is 6.98. The molecule has 0 aliphatic rings. The number of aromatic nitrogens is 3. The maximum atomic E-state index is 5.99. The normalized spacial score (nSPS) is 12.7. The number of hydrogen-bond donors (Lipinski definition) is 1. The molecule has 108 valence electrons. The molecule has 1 aromatic heterocycles. The molecule has 0 amide bonds. The summed E-state index contributed by atoms with van der Waals surface area (Å²) in [6.07, 6.45) is 2.49. The van der Waals surface area contributed by atoms with Crippen LogP contribution in [0.4, 0.5) is 0 Å². The Labute approximate surface area is 119 Å². The first kappa shape index (κ1) is 14.5. The largest absolute Gasteiger partial charge is 0.486 e. The van der Waals surface area contributed by atoms with Gasteiger partial charge in [-0.25, -0.2) is 9.67 Å². The third-order valence-electron chi connectivity index (χ3n) is 3.25. The van der Waals surface area contributed by atoms with E-state index in [2.05, 4.69) is 30.9 Å². The van der Waals surface area contributed by atoms with E-state index in [1.54, 1.807) is 6.33 Å². The van der Waals surface area contributed by atoms with Gasteiger partial charge in [-0.05, 0) is 38.0 Å². The summed E-state index contributed by atoms with van der Waals surface area (Å²) in [6, 6.07) is 8.28. The monoisotopic (exact) mass is 274 g/mol. The van der Waals surface area contributed by atoms with Gasteiger partial charge in [-0.1, -0.05) is 19.1 Å². The fourth-order valence-electron chi connectivity index (χ4n) is 2.00. The second-order valence-electron chi connectivity index (χ2n) is 5.09. The predicted molar refractivity (Wildman–Crippen MR) is 78.4 cm³/mol. The lowest BCUT2D eigenvalue weighted by Gasteiger charge is -2.12. The molecule has 0 aliphatic heterocycles. The molecular weight excluding hydrogens is 252 g/mol. The highest BCUT2D eigenvalue weighted by atomic mass is 16.5. The van der Waals surface area contributed by atoms with Gasteiger partial charge in [0.05, 0.1) is 0 Å². The van der Waals surface area contributed by atoms with E-state index in [4.69, 9.17) is 10.5 Å². The average molecular weight is 274 g/mol. The number of nitrogens with two attached hydrogens (primary N) is 1. The summed E-state index contributed by atoms with van der Waals surface area (Å²) in [5.41, 5.74) is 7.12. The van der Waals surface area contributed by atoms with Crippen LogP contribution in [0.1, 0.15) is 50.7 Å². The summed E-state index contributed by atoms with van der Waals surface area (Å²) >= 11 is 0. The van der Waals surface area contributed by atoms with Gasteiger partial charge >= 0.3 is 0 Å². The number of rotatable bonds is 6. The molecule has 1 atom stereocenters. The minimum atomic E-state index is 0.0908. The van der Waals surface area contributed by atoms with Crippen molar-refractivity contribution in [3.05, 3.63) is 42.0 Å². The van der Waals surface area contributed by atoms with Crippen LogP contribution in [0, 0.1) is 0 Å². The molecule has 0 saturated carbocycles. The zero-order chi connectivity index (χ0) is 14.5. The van der Waals surface area contributed by atoms with E-state index in [1.165, 1.54) is 0 Å². The van der Waals surface area contributed by atoms with Gasteiger partial charge in [0, 0.05) is 12.1 Å². The van der Waals surface area contributed by atoms with E-state index in [9.17, 15) is 0 Å². The fraction of sp³-hybridized carbons (Fsp3) is 0.467. The number of hydrogen-bond acceptors (Lipinski definition) is 4. The second kappa shape index (κ2) is 6.52. The Bertz CT molecular complexity index is 533. The van der Waals surface area contributed by atoms with Crippen LogP contribution in [0.3, 0.4) is 0 Å². The van der Waals surface area contributed by atoms with Crippen molar-refractivity contribution in [3.8, 4) is 5.75 Å². The van der Waals surface area contributed by atoms with Crippen LogP contribution in [-0.4, -0.2) is 14.8 Å². The first-order chi connectivity index (χ1) is 9.61. The first-order valence-electron chi connectivity index (χ1n) is 6.98. The molecule has 20 heavy (non-hydrogen) atoms. The molecule has 0 radical (unpaired) electrons. The van der Waals surface area contributed by atoms with Crippen LogP contribution < -0.4 is 10.5 Å². The van der Waals surface area contributed by atoms with Crippen molar-refractivity contribution in [2.24, 2.45) is 5.73 Å². The van der Waals surface area contributed by atoms with Crippen molar-refractivity contribution in [2.75, 3.05) is 0 Å². The average Bonchev–Trinajstić information content (AvgIpc) is 2.93. The Balaban J connectivity index is 1.99. The molecule has 0 saturated heterocycles. The highest BCUT2D eigenvalue weighted by Crippen LogP contribution is 2.19. The Hall–Kier alpha value is -1.88. The van der Waals surface area contributed by atoms with Crippen molar-refractivity contribution in [1.29, 1.82) is 0 Å². The van der Waals surface area contributed by atoms with Crippen molar-refractivity contribution in [1.82, 2.24) is 14.8 Å². The number of ether oxygens (including phenoxy) is 1. The molecule has 2 rings (SSSR count). The smallest absolute Gasteiger partial charge is 0.165 e. The summed E-state index contributed by atoms with van der Waals surface area (Å²) in [5, 5.41) is 4.19. The van der Waals surface area contributed by atoms with Gasteiger partial charge in [-0.15, -0.1) is 0 Å². The van der Waals surface area contributed by atoms with E-state index in [0.717, 1.165) is 23.6 Å². The predicted octanol–water partition coefficient (Wildman–Crippen LogP) is 2.85. The molecule has 5 nitrogen and oxygen atoms in total. The lowest BCUT2D eigenvalue weighted by Crippen LogP contribution is -2.11. The maximum Gasteiger partial charge on any atom is 0.165 e. The third-order valence-corrected chi connectivity index (χ3v) is 3.25. The maximum absolute atomic E-state index is 5.99. The molecule has 2 aromatic rings. The summed E-state index contributed by atoms with van der Waals surface area (Å²) in [4.78, 5) is 4.22. The second-order valence-corrected chi connectivity index (χ2v) is 5.09. The Morgan fingerprint density at radius 2 is 1.95 bits per heavy atom. The zero-order valence-corrected chi connectivity index (χ0v) is 12.3. The summed E-state index contributed by atoms with van der Waals surface area (Å²) in [7, 11) is 0. The summed E-state index contributed by atoms with van der Waals surface area (Å²) in [6.45, 7) is 6.63. The lowest BCUT2D eigenvalue weighted by molar-refractivity contribution is 0.282. The Kier molecular flexibility index (Phi) is 4.74. The van der Waals surface area contributed by atoms with Gasteiger partial charge in [0.2, 0.25) is 0 Å². The van der Waals surface area contributed by atoms with Crippen molar-refractivity contribution in [3.63, 3.8) is 0 Å². The molecular formula is C15H22N4O. The Morgan fingerprint density at radius 1 is 1.25 bits per heavy atom. The lowest BCUT2D eigenvalue weighted by atomic mass is 10.1. The Morgan fingerprint density at radius 3 is 2.55 bits per heavy atom. The topological polar surface area (TPSA) is 66.0 Å². The van der Waals surface area contributed by atoms with Gasteiger partial charge in [-0.3, -0.25) is 0 Å². The molecule has 0 unspecified atom stereocenters. The van der Waals surface area contributed by atoms with Crippen LogP contribution in [0.15, 0.2) is 30.6 Å². The van der Waals surface area contributed by atoms with Crippen LogP contribution in [0.25, 0.3) is 0 Å². The zero-order valence-electron chi connectivity index (χ0n) is 12.3. The number of benzene rings is 1. The standard InChI is InChI=1S/C15H22N4O/c1-4-14(16)12-5-7-13(8-6-12)20-9-15-17-10-18-19(15)11(2)3/h5-8,10-11,14H,4,9,16H2,1-3H3/t14-/m0/s1. The molecule has 2 N–H and O–H groups in total. The van der Waals surface area contributed by atoms with Crippen molar-refractivity contribution < 1.29 is 4.74 Å². The highest BCUT2D eigenvalue weighted by molar-refractivity contribution is 5.29. The van der Waals surface area contributed by atoms with Crippen LogP contribution >= 0.6 is 0 Å². The van der Waals surface area contributed by atoms with Crippen LogP contribution in [0.2, 0.25) is 0 Å². The molecule has 0 fully saturated rings. The van der Waals surface area contributed by atoms with Gasteiger partial charge in [0.25, 0.3) is 0 Å². The molecule has 0 aliphatic carbocycles. The molecule has 1 aromatic carbocycles. The number of nitrogens with zero attached hydrogens (tertiary/aromatic N) is 3. The van der Waals surface area contributed by atoms with Crippen LogP contribution in [-0.2, 0) is 6.61 Å². The highest BCUT2D eigenvalue weighted by Gasteiger charge is 2.08. The summed E-state index contributed by atoms with van der Waals surface area (Å²) < 4.78 is 7.61. The van der Waals surface area contributed by atoms with E-state index in [0.29, 0.717) is 6.61 Å². The fourth-order valence-corrected chi connectivity index (χ4v) is 2.00. The SMILES string of the molecule is CC[C@H](N)c1ccc(OCc2ncnn2C(C)C)cc1. The summed E-state index contributed by atoms with van der Waals surface area (Å²) in [5.74, 6) is 1.64. The van der Waals surface area contributed by atoms with E-state index in [1.807, 2.05) is 28.9 Å². The van der Waals surface area contributed by atoms with Gasteiger partial charge < -0.3 is 10.5 Å². The van der Waals surface area contributed by atoms with Crippen molar-refractivity contribution in [2.45, 2.75) is 45.9 Å². The molecule has 0 bridgehead atoms.